The molecule has 0 spiro atoms. The monoisotopic (exact) mass is 335 g/mol. The van der Waals surface area contributed by atoms with Gasteiger partial charge in [0.1, 0.15) is 0 Å². The Hall–Kier alpha value is -0.590. The van der Waals surface area contributed by atoms with Crippen molar-refractivity contribution in [1.82, 2.24) is 4.90 Å². The summed E-state index contributed by atoms with van der Waals surface area (Å²) >= 11 is 7.05. The molecule has 1 saturated heterocycles. The fraction of sp³-hybridized carbons (Fsp3) is 0.615. The van der Waals surface area contributed by atoms with Crippen LogP contribution in [0.3, 0.4) is 0 Å². The zero-order chi connectivity index (χ0) is 14.6. The number of nitrogens with zero attached hydrogens (tertiary/aromatic N) is 1. The normalized spacial score (nSPS) is 22.4. The van der Waals surface area contributed by atoms with Crippen LogP contribution in [0, 0.1) is 0 Å². The number of halogens is 1. The average molecular weight is 336 g/mol. The summed E-state index contributed by atoms with van der Waals surface area (Å²) < 4.78 is 24.7. The molecule has 20 heavy (non-hydrogen) atoms. The third kappa shape index (κ3) is 3.74. The molecule has 0 aromatic carbocycles. The lowest BCUT2D eigenvalue weighted by Gasteiger charge is -2.19. The van der Waals surface area contributed by atoms with E-state index in [0.29, 0.717) is 38.2 Å². The zero-order valence-corrected chi connectivity index (χ0v) is 13.5. The van der Waals surface area contributed by atoms with Crippen molar-refractivity contribution < 1.29 is 13.2 Å². The molecule has 0 bridgehead atoms. The predicted octanol–water partition coefficient (Wildman–Crippen LogP) is 2.46. The molecule has 1 atom stereocenters. The number of alkyl halides is 1. The maximum absolute atomic E-state index is 12.3. The van der Waals surface area contributed by atoms with Gasteiger partial charge < -0.3 is 4.90 Å². The third-order valence-electron chi connectivity index (χ3n) is 3.48. The van der Waals surface area contributed by atoms with Crippen LogP contribution in [0.5, 0.6) is 0 Å². The Morgan fingerprint density at radius 1 is 1.45 bits per heavy atom. The molecule has 1 aliphatic rings. The Balaban J connectivity index is 2.08. The number of sulfone groups is 1. The van der Waals surface area contributed by atoms with E-state index >= 15 is 0 Å². The first kappa shape index (κ1) is 15.8. The van der Waals surface area contributed by atoms with E-state index in [4.69, 9.17) is 11.6 Å². The van der Waals surface area contributed by atoms with Gasteiger partial charge in [-0.05, 0) is 24.3 Å². The van der Waals surface area contributed by atoms with Crippen molar-refractivity contribution in [1.29, 1.82) is 0 Å². The van der Waals surface area contributed by atoms with Gasteiger partial charge in [0.2, 0.25) is 5.91 Å². The van der Waals surface area contributed by atoms with Crippen molar-refractivity contribution in [3.63, 3.8) is 0 Å². The average Bonchev–Trinajstić information content (AvgIpc) is 2.88. The van der Waals surface area contributed by atoms with Gasteiger partial charge in [-0.3, -0.25) is 4.79 Å². The van der Waals surface area contributed by atoms with E-state index in [1.165, 1.54) is 11.3 Å². The summed E-state index contributed by atoms with van der Waals surface area (Å²) in [6.45, 7) is 0.800. The largest absolute Gasteiger partial charge is 0.342 e. The van der Waals surface area contributed by atoms with Gasteiger partial charge in [-0.1, -0.05) is 6.07 Å². The summed E-state index contributed by atoms with van der Waals surface area (Å²) in [6.07, 6.45) is 1.51. The minimum absolute atomic E-state index is 0.00711. The Bertz CT molecular complexity index is 542. The molecule has 1 aliphatic heterocycles. The molecule has 0 saturated carbocycles. The van der Waals surface area contributed by atoms with Gasteiger partial charge in [0.15, 0.2) is 9.84 Å². The minimum Gasteiger partial charge on any atom is -0.342 e. The van der Waals surface area contributed by atoms with E-state index in [-0.39, 0.29) is 11.7 Å². The fourth-order valence-corrected chi connectivity index (χ4v) is 5.50. The number of hydrogen-bond donors (Lipinski definition) is 0. The molecule has 1 unspecified atom stereocenters. The number of amides is 1. The minimum atomic E-state index is -3.18. The smallest absolute Gasteiger partial charge is 0.222 e. The summed E-state index contributed by atoms with van der Waals surface area (Å²) in [4.78, 5) is 14.5. The Morgan fingerprint density at radius 3 is 2.90 bits per heavy atom. The maximum atomic E-state index is 12.3. The summed E-state index contributed by atoms with van der Waals surface area (Å²) in [5.41, 5.74) is 0. The van der Waals surface area contributed by atoms with Crippen LogP contribution in [0.2, 0.25) is 0 Å². The summed E-state index contributed by atoms with van der Waals surface area (Å²) in [5.74, 6) is 0.505. The van der Waals surface area contributed by atoms with Gasteiger partial charge in [0, 0.05) is 30.3 Å². The second-order valence-electron chi connectivity index (χ2n) is 4.83. The van der Waals surface area contributed by atoms with Crippen LogP contribution in [0.25, 0.3) is 0 Å². The van der Waals surface area contributed by atoms with Gasteiger partial charge in [0.25, 0.3) is 0 Å². The fourth-order valence-electron chi connectivity index (χ4n) is 2.36. The van der Waals surface area contributed by atoms with Crippen LogP contribution in [0.15, 0.2) is 17.5 Å². The van der Waals surface area contributed by atoms with E-state index in [2.05, 4.69) is 0 Å². The van der Waals surface area contributed by atoms with E-state index in [9.17, 15) is 13.2 Å². The second-order valence-corrected chi connectivity index (χ2v) is 8.49. The van der Waals surface area contributed by atoms with Crippen molar-refractivity contribution in [2.45, 2.75) is 24.5 Å². The highest BCUT2D eigenvalue weighted by atomic mass is 35.5. The van der Waals surface area contributed by atoms with Gasteiger partial charge in [0.05, 0.1) is 11.0 Å². The first-order chi connectivity index (χ1) is 9.54. The van der Waals surface area contributed by atoms with Crippen LogP contribution in [0.1, 0.15) is 29.4 Å². The lowest BCUT2D eigenvalue weighted by molar-refractivity contribution is -0.130. The van der Waals surface area contributed by atoms with Crippen molar-refractivity contribution in [3.8, 4) is 0 Å². The maximum Gasteiger partial charge on any atom is 0.222 e. The summed E-state index contributed by atoms with van der Waals surface area (Å²) in [7, 11) is -3.18. The molecule has 4 nitrogen and oxygen atoms in total. The first-order valence-electron chi connectivity index (χ1n) is 6.63. The van der Waals surface area contributed by atoms with Crippen molar-refractivity contribution in [2.24, 2.45) is 0 Å². The molecule has 1 fully saturated rings. The van der Waals surface area contributed by atoms with E-state index in [1.54, 1.807) is 4.90 Å². The molecule has 0 N–H and O–H groups in total. The number of thiophene rings is 1. The summed E-state index contributed by atoms with van der Waals surface area (Å²) in [5, 5.41) is 1.42. The molecule has 1 amide bonds. The Kier molecular flexibility index (Phi) is 5.46. The SMILES string of the molecule is O=C(CCCCl)N1CCC(c2cccs2)S(=O)(=O)CC1. The standard InChI is InChI=1S/C13H18ClNO3S2/c14-6-1-4-13(16)15-7-5-12(11-3-2-9-19-11)20(17,18)10-8-15/h2-3,9,12H,1,4-8,10H2. The van der Waals surface area contributed by atoms with Crippen LogP contribution in [-0.2, 0) is 14.6 Å². The first-order valence-corrected chi connectivity index (χ1v) is 9.76. The highest BCUT2D eigenvalue weighted by Crippen LogP contribution is 2.32. The van der Waals surface area contributed by atoms with Crippen LogP contribution in [-0.4, -0.2) is 43.9 Å². The van der Waals surface area contributed by atoms with Gasteiger partial charge in [-0.25, -0.2) is 8.42 Å². The van der Waals surface area contributed by atoms with Gasteiger partial charge in [-0.2, -0.15) is 0 Å². The summed E-state index contributed by atoms with van der Waals surface area (Å²) in [6, 6.07) is 3.72. The molecule has 1 aromatic heterocycles. The van der Waals surface area contributed by atoms with Crippen molar-refractivity contribution in [2.75, 3.05) is 24.7 Å². The lowest BCUT2D eigenvalue weighted by atomic mass is 10.2. The molecular formula is C13H18ClNO3S2. The Morgan fingerprint density at radius 2 is 2.25 bits per heavy atom. The highest BCUT2D eigenvalue weighted by molar-refractivity contribution is 7.91. The number of rotatable bonds is 4. The molecule has 2 rings (SSSR count). The van der Waals surface area contributed by atoms with Crippen LogP contribution in [0.4, 0.5) is 0 Å². The molecule has 1 aromatic rings. The lowest BCUT2D eigenvalue weighted by Crippen LogP contribution is -2.33. The zero-order valence-electron chi connectivity index (χ0n) is 11.1. The molecule has 0 aliphatic carbocycles. The van der Waals surface area contributed by atoms with Crippen molar-refractivity contribution in [3.05, 3.63) is 22.4 Å². The van der Waals surface area contributed by atoms with E-state index in [1.807, 2.05) is 17.5 Å². The molecule has 2 heterocycles. The van der Waals surface area contributed by atoms with Crippen LogP contribution >= 0.6 is 22.9 Å². The van der Waals surface area contributed by atoms with Gasteiger partial charge >= 0.3 is 0 Å². The molecule has 112 valence electrons. The van der Waals surface area contributed by atoms with E-state index in [0.717, 1.165) is 4.88 Å². The number of hydrogen-bond acceptors (Lipinski definition) is 4. The molecular weight excluding hydrogens is 318 g/mol. The van der Waals surface area contributed by atoms with Crippen molar-refractivity contribution >= 4 is 38.7 Å². The predicted molar refractivity (Wildman–Crippen MR) is 82.0 cm³/mol. The topological polar surface area (TPSA) is 54.5 Å². The quantitative estimate of drug-likeness (QED) is 0.794. The number of carbonyl (C=O) groups is 1. The highest BCUT2D eigenvalue weighted by Gasteiger charge is 2.32. The van der Waals surface area contributed by atoms with Crippen LogP contribution < -0.4 is 0 Å². The Labute approximate surface area is 128 Å². The van der Waals surface area contributed by atoms with Gasteiger partial charge in [-0.15, -0.1) is 22.9 Å². The number of carbonyl (C=O) groups excluding carboxylic acids is 1. The third-order valence-corrected chi connectivity index (χ3v) is 6.99. The van der Waals surface area contributed by atoms with E-state index < -0.39 is 15.1 Å². The second kappa shape index (κ2) is 6.91. The molecule has 0 radical (unpaired) electrons. The molecule has 7 heteroatoms.